The van der Waals surface area contributed by atoms with E-state index in [2.05, 4.69) is 5.32 Å². The Morgan fingerprint density at radius 2 is 1.86 bits per heavy atom. The number of urea groups is 1. The van der Waals surface area contributed by atoms with Gasteiger partial charge in [0.05, 0.1) is 0 Å². The van der Waals surface area contributed by atoms with Gasteiger partial charge in [0.25, 0.3) is 5.91 Å². The van der Waals surface area contributed by atoms with Crippen LogP contribution in [0.4, 0.5) is 9.18 Å². The highest BCUT2D eigenvalue weighted by Gasteiger charge is 2.49. The smallest absolute Gasteiger partial charge is 0.325 e. The summed E-state index contributed by atoms with van der Waals surface area (Å²) in [6, 6.07) is 12.4. The van der Waals surface area contributed by atoms with E-state index in [9.17, 15) is 18.8 Å². The van der Waals surface area contributed by atoms with Crippen molar-refractivity contribution in [3.05, 3.63) is 70.5 Å². The summed E-state index contributed by atoms with van der Waals surface area (Å²) >= 11 is 5.99. The Balaban J connectivity index is 1.73. The average molecular weight is 404 g/mol. The number of hydrogen-bond donors (Lipinski definition) is 1. The minimum atomic E-state index is -1.24. The maximum atomic E-state index is 13.9. The molecule has 28 heavy (non-hydrogen) atoms. The Morgan fingerprint density at radius 1 is 1.18 bits per heavy atom. The van der Waals surface area contributed by atoms with Crippen LogP contribution in [0.5, 0.6) is 0 Å². The molecule has 1 aliphatic rings. The third-order valence-corrected chi connectivity index (χ3v) is 5.16. The van der Waals surface area contributed by atoms with Crippen LogP contribution in [-0.2, 0) is 21.7 Å². The number of carbonyl (C=O) groups is 3. The number of hydrogen-bond acceptors (Lipinski definition) is 3. The lowest BCUT2D eigenvalue weighted by Crippen LogP contribution is -2.43. The van der Waals surface area contributed by atoms with E-state index in [1.54, 1.807) is 37.3 Å². The van der Waals surface area contributed by atoms with E-state index in [0.717, 1.165) is 4.90 Å². The second-order valence-corrected chi connectivity index (χ2v) is 7.17. The lowest BCUT2D eigenvalue weighted by molar-refractivity contribution is -0.138. The van der Waals surface area contributed by atoms with Gasteiger partial charge in [-0.3, -0.25) is 14.5 Å². The number of halogens is 2. The van der Waals surface area contributed by atoms with Crippen molar-refractivity contribution in [3.63, 3.8) is 0 Å². The van der Waals surface area contributed by atoms with Crippen molar-refractivity contribution >= 4 is 29.4 Å². The molecule has 2 aromatic carbocycles. The first kappa shape index (κ1) is 19.8. The van der Waals surface area contributed by atoms with Crippen molar-refractivity contribution in [1.82, 2.24) is 15.1 Å². The zero-order valence-electron chi connectivity index (χ0n) is 15.4. The first-order valence-electron chi connectivity index (χ1n) is 8.60. The highest BCUT2D eigenvalue weighted by atomic mass is 35.5. The molecule has 2 aromatic rings. The third kappa shape index (κ3) is 3.57. The molecule has 4 amide bonds. The van der Waals surface area contributed by atoms with E-state index in [0.29, 0.717) is 5.56 Å². The predicted octanol–water partition coefficient (Wildman–Crippen LogP) is 2.90. The number of benzene rings is 2. The summed E-state index contributed by atoms with van der Waals surface area (Å²) in [7, 11) is 1.46. The molecule has 0 saturated carbocycles. The first-order valence-corrected chi connectivity index (χ1v) is 8.98. The van der Waals surface area contributed by atoms with Gasteiger partial charge in [0.15, 0.2) is 0 Å². The summed E-state index contributed by atoms with van der Waals surface area (Å²) in [6.45, 7) is 1.06. The molecule has 146 valence electrons. The fourth-order valence-electron chi connectivity index (χ4n) is 3.07. The standard InChI is InChI=1S/C20H19ClFN3O3/c1-20(13-7-4-3-5-8-13)18(27)25(19(28)23-20)12-17(26)24(2)11-14-15(21)9-6-10-16(14)22/h3-10H,11-12H2,1-2H3,(H,23,28). The molecule has 0 bridgehead atoms. The highest BCUT2D eigenvalue weighted by Crippen LogP contribution is 2.28. The molecule has 0 radical (unpaired) electrons. The van der Waals surface area contributed by atoms with Crippen molar-refractivity contribution in [1.29, 1.82) is 0 Å². The van der Waals surface area contributed by atoms with Crippen molar-refractivity contribution < 1.29 is 18.8 Å². The minimum Gasteiger partial charge on any atom is -0.340 e. The van der Waals surface area contributed by atoms with E-state index in [1.807, 2.05) is 0 Å². The molecular weight excluding hydrogens is 385 g/mol. The summed E-state index contributed by atoms with van der Waals surface area (Å²) < 4.78 is 13.9. The molecule has 1 heterocycles. The first-order chi connectivity index (χ1) is 13.2. The highest BCUT2D eigenvalue weighted by molar-refractivity contribution is 6.31. The van der Waals surface area contributed by atoms with Gasteiger partial charge < -0.3 is 10.2 Å². The molecule has 1 saturated heterocycles. The van der Waals surface area contributed by atoms with E-state index in [-0.39, 0.29) is 17.1 Å². The zero-order valence-corrected chi connectivity index (χ0v) is 16.2. The number of nitrogens with one attached hydrogen (secondary N) is 1. The second-order valence-electron chi connectivity index (χ2n) is 6.76. The predicted molar refractivity (Wildman–Crippen MR) is 102 cm³/mol. The average Bonchev–Trinajstić information content (AvgIpc) is 2.89. The van der Waals surface area contributed by atoms with Crippen LogP contribution in [0.1, 0.15) is 18.1 Å². The number of amides is 4. The van der Waals surface area contributed by atoms with Gasteiger partial charge in [-0.2, -0.15) is 0 Å². The minimum absolute atomic E-state index is 0.0794. The van der Waals surface area contributed by atoms with Crippen LogP contribution in [0, 0.1) is 5.82 Å². The molecule has 1 N–H and O–H groups in total. The van der Waals surface area contributed by atoms with E-state index >= 15 is 0 Å². The quantitative estimate of drug-likeness (QED) is 0.780. The summed E-state index contributed by atoms with van der Waals surface area (Å²) in [5.41, 5.74) is -0.451. The third-order valence-electron chi connectivity index (χ3n) is 4.80. The van der Waals surface area contributed by atoms with Crippen LogP contribution < -0.4 is 5.32 Å². The Bertz CT molecular complexity index is 917. The summed E-state index contributed by atoms with van der Waals surface area (Å²) in [5, 5.41) is 2.84. The molecule has 1 unspecified atom stereocenters. The summed E-state index contributed by atoms with van der Waals surface area (Å²) in [6.07, 6.45) is 0. The molecule has 3 rings (SSSR count). The van der Waals surface area contributed by atoms with Crippen molar-refractivity contribution in [2.24, 2.45) is 0 Å². The number of likely N-dealkylation sites (N-methyl/N-ethyl adjacent to an activating group) is 1. The van der Waals surface area contributed by atoms with Gasteiger partial charge in [-0.15, -0.1) is 0 Å². The molecule has 0 spiro atoms. The largest absolute Gasteiger partial charge is 0.340 e. The lowest BCUT2D eigenvalue weighted by Gasteiger charge is -2.23. The molecule has 0 aliphatic carbocycles. The summed E-state index contributed by atoms with van der Waals surface area (Å²) in [4.78, 5) is 39.8. The normalized spacial score (nSPS) is 18.9. The topological polar surface area (TPSA) is 69.7 Å². The van der Waals surface area contributed by atoms with Gasteiger partial charge in [-0.05, 0) is 24.6 Å². The van der Waals surface area contributed by atoms with E-state index < -0.39 is 35.7 Å². The fraction of sp³-hybridized carbons (Fsp3) is 0.250. The maximum absolute atomic E-state index is 13.9. The number of imide groups is 1. The molecule has 1 aliphatic heterocycles. The van der Waals surface area contributed by atoms with Gasteiger partial charge in [0.1, 0.15) is 17.9 Å². The van der Waals surface area contributed by atoms with Crippen LogP contribution in [0.2, 0.25) is 5.02 Å². The van der Waals surface area contributed by atoms with Crippen LogP contribution in [-0.4, -0.2) is 41.2 Å². The molecule has 0 aromatic heterocycles. The second kappa shape index (κ2) is 7.59. The van der Waals surface area contributed by atoms with Crippen LogP contribution in [0.3, 0.4) is 0 Å². The lowest BCUT2D eigenvalue weighted by atomic mass is 9.92. The molecular formula is C20H19ClFN3O3. The van der Waals surface area contributed by atoms with Gasteiger partial charge in [-0.25, -0.2) is 9.18 Å². The summed E-state index contributed by atoms with van der Waals surface area (Å²) in [5.74, 6) is -1.56. The van der Waals surface area contributed by atoms with Crippen molar-refractivity contribution in [3.8, 4) is 0 Å². The van der Waals surface area contributed by atoms with Crippen LogP contribution in [0.25, 0.3) is 0 Å². The van der Waals surface area contributed by atoms with Crippen LogP contribution >= 0.6 is 11.6 Å². The Morgan fingerprint density at radius 3 is 2.50 bits per heavy atom. The van der Waals surface area contributed by atoms with Crippen molar-refractivity contribution in [2.45, 2.75) is 19.0 Å². The zero-order chi connectivity index (χ0) is 20.5. The van der Waals surface area contributed by atoms with E-state index in [4.69, 9.17) is 11.6 Å². The molecule has 1 atom stereocenters. The monoisotopic (exact) mass is 403 g/mol. The SMILES string of the molecule is CN(Cc1c(F)cccc1Cl)C(=O)CN1C(=O)NC(C)(c2ccccc2)C1=O. The van der Waals surface area contributed by atoms with Gasteiger partial charge in [0, 0.05) is 24.2 Å². The molecule has 8 heteroatoms. The number of rotatable bonds is 5. The number of carbonyl (C=O) groups excluding carboxylic acids is 3. The number of nitrogens with zero attached hydrogens (tertiary/aromatic N) is 2. The van der Waals surface area contributed by atoms with Gasteiger partial charge in [-0.1, -0.05) is 48.0 Å². The van der Waals surface area contributed by atoms with Crippen LogP contribution in [0.15, 0.2) is 48.5 Å². The Hall–Kier alpha value is -2.93. The van der Waals surface area contributed by atoms with E-state index in [1.165, 1.54) is 30.1 Å². The van der Waals surface area contributed by atoms with Gasteiger partial charge in [0.2, 0.25) is 5.91 Å². The maximum Gasteiger partial charge on any atom is 0.325 e. The Labute approximate surface area is 166 Å². The fourth-order valence-corrected chi connectivity index (χ4v) is 3.30. The Kier molecular flexibility index (Phi) is 5.38. The molecule has 1 fully saturated rings. The van der Waals surface area contributed by atoms with Gasteiger partial charge >= 0.3 is 6.03 Å². The van der Waals surface area contributed by atoms with Crippen molar-refractivity contribution in [2.75, 3.05) is 13.6 Å². The molecule has 6 nitrogen and oxygen atoms in total.